The van der Waals surface area contributed by atoms with E-state index in [-0.39, 0.29) is 0 Å². The van der Waals surface area contributed by atoms with Crippen LogP contribution in [-0.4, -0.2) is 4.57 Å². The molecule has 2 nitrogen and oxygen atoms in total. The molecule has 0 radical (unpaired) electrons. The molecular formula is C42H28N2S. The van der Waals surface area contributed by atoms with Crippen LogP contribution in [0.4, 0.5) is 17.1 Å². The van der Waals surface area contributed by atoms with Gasteiger partial charge in [0.1, 0.15) is 0 Å². The number of nitrogens with zero attached hydrogens (tertiary/aromatic N) is 2. The highest BCUT2D eigenvalue weighted by Crippen LogP contribution is 2.48. The molecule has 7 aromatic carbocycles. The van der Waals surface area contributed by atoms with Gasteiger partial charge in [0.05, 0.1) is 16.7 Å². The molecule has 0 bridgehead atoms. The molecule has 0 unspecified atom stereocenters. The number of benzene rings is 7. The molecule has 0 fully saturated rings. The topological polar surface area (TPSA) is 8.17 Å². The smallest absolute Gasteiger partial charge is 0.0548 e. The first kappa shape index (κ1) is 25.8. The molecule has 2 heterocycles. The minimum absolute atomic E-state index is 1.12. The second-order valence-electron chi connectivity index (χ2n) is 11.4. The summed E-state index contributed by atoms with van der Waals surface area (Å²) in [6, 6.07) is 61.4. The number of fused-ring (bicyclic) bond motifs is 6. The average molecular weight is 593 g/mol. The monoisotopic (exact) mass is 592 g/mol. The summed E-state index contributed by atoms with van der Waals surface area (Å²) in [5.41, 5.74) is 9.37. The van der Waals surface area contributed by atoms with E-state index in [9.17, 15) is 0 Å². The van der Waals surface area contributed by atoms with Crippen LogP contribution in [0.3, 0.4) is 0 Å². The average Bonchev–Trinajstić information content (AvgIpc) is 3.65. The van der Waals surface area contributed by atoms with E-state index in [1.807, 2.05) is 11.3 Å². The van der Waals surface area contributed by atoms with E-state index in [0.717, 1.165) is 22.7 Å². The van der Waals surface area contributed by atoms with E-state index in [1.165, 1.54) is 53.1 Å². The number of para-hydroxylation sites is 3. The van der Waals surface area contributed by atoms with Crippen LogP contribution >= 0.6 is 11.3 Å². The maximum absolute atomic E-state index is 2.43. The number of aromatic nitrogens is 1. The van der Waals surface area contributed by atoms with Crippen molar-refractivity contribution < 1.29 is 0 Å². The third kappa shape index (κ3) is 4.16. The highest BCUT2D eigenvalue weighted by molar-refractivity contribution is 7.25. The van der Waals surface area contributed by atoms with Crippen LogP contribution in [0.1, 0.15) is 0 Å². The maximum Gasteiger partial charge on any atom is 0.0548 e. The van der Waals surface area contributed by atoms with Gasteiger partial charge in [0, 0.05) is 53.6 Å². The third-order valence-corrected chi connectivity index (χ3v) is 9.92. The molecule has 212 valence electrons. The normalized spacial score (nSPS) is 11.6. The van der Waals surface area contributed by atoms with Crippen LogP contribution in [-0.2, 0) is 0 Å². The lowest BCUT2D eigenvalue weighted by Gasteiger charge is -2.28. The summed E-state index contributed by atoms with van der Waals surface area (Å²) in [6.45, 7) is 0. The van der Waals surface area contributed by atoms with Gasteiger partial charge in [-0.25, -0.2) is 0 Å². The Morgan fingerprint density at radius 1 is 0.444 bits per heavy atom. The zero-order valence-corrected chi connectivity index (χ0v) is 25.3. The van der Waals surface area contributed by atoms with Crippen LogP contribution < -0.4 is 4.90 Å². The molecule has 0 spiro atoms. The summed E-state index contributed by atoms with van der Waals surface area (Å²) >= 11 is 1.86. The van der Waals surface area contributed by atoms with Crippen molar-refractivity contribution >= 4 is 70.4 Å². The predicted molar refractivity (Wildman–Crippen MR) is 194 cm³/mol. The van der Waals surface area contributed by atoms with Crippen LogP contribution in [0.15, 0.2) is 170 Å². The zero-order valence-electron chi connectivity index (χ0n) is 24.5. The Balaban J connectivity index is 1.40. The quantitative estimate of drug-likeness (QED) is 0.193. The fourth-order valence-corrected chi connectivity index (χ4v) is 7.93. The molecule has 0 aliphatic rings. The summed E-state index contributed by atoms with van der Waals surface area (Å²) < 4.78 is 5.02. The lowest BCUT2D eigenvalue weighted by molar-refractivity contribution is 1.18. The Labute approximate surface area is 265 Å². The Morgan fingerprint density at radius 2 is 1.09 bits per heavy atom. The summed E-state index contributed by atoms with van der Waals surface area (Å²) in [4.78, 5) is 2.43. The lowest BCUT2D eigenvalue weighted by Crippen LogP contribution is -2.11. The molecule has 0 saturated heterocycles. The number of hydrogen-bond donors (Lipinski definition) is 0. The van der Waals surface area contributed by atoms with E-state index in [2.05, 4.69) is 179 Å². The Hall–Kier alpha value is -5.64. The Kier molecular flexibility index (Phi) is 6.03. The van der Waals surface area contributed by atoms with Crippen molar-refractivity contribution in [2.24, 2.45) is 0 Å². The number of hydrogen-bond acceptors (Lipinski definition) is 2. The molecule has 0 atom stereocenters. The maximum atomic E-state index is 2.43. The molecule has 2 aromatic heterocycles. The summed E-state index contributed by atoms with van der Waals surface area (Å²) in [5.74, 6) is 0. The molecule has 0 saturated carbocycles. The van der Waals surface area contributed by atoms with Crippen LogP contribution in [0.25, 0.3) is 58.8 Å². The fraction of sp³-hybridized carbons (Fsp3) is 0. The molecule has 0 aliphatic heterocycles. The molecule has 0 aliphatic carbocycles. The SMILES string of the molecule is c1ccc(-c2c(N(c3ccccc3)c3ccc4sc5ccccc5c4c3)ccc3c2c2ccccc2n3-c2ccccc2)cc1. The largest absolute Gasteiger partial charge is 0.310 e. The zero-order chi connectivity index (χ0) is 29.7. The van der Waals surface area contributed by atoms with Gasteiger partial charge in [0.25, 0.3) is 0 Å². The van der Waals surface area contributed by atoms with Gasteiger partial charge in [-0.05, 0) is 72.3 Å². The molecule has 0 amide bonds. The van der Waals surface area contributed by atoms with E-state index >= 15 is 0 Å². The van der Waals surface area contributed by atoms with Crippen molar-refractivity contribution in [3.8, 4) is 16.8 Å². The second-order valence-corrected chi connectivity index (χ2v) is 12.4. The van der Waals surface area contributed by atoms with E-state index in [4.69, 9.17) is 0 Å². The van der Waals surface area contributed by atoms with Crippen molar-refractivity contribution in [1.82, 2.24) is 4.57 Å². The molecule has 9 rings (SSSR count). The fourth-order valence-electron chi connectivity index (χ4n) is 6.85. The second kappa shape index (κ2) is 10.5. The van der Waals surface area contributed by atoms with Crippen LogP contribution in [0.2, 0.25) is 0 Å². The van der Waals surface area contributed by atoms with Gasteiger partial charge in [0.2, 0.25) is 0 Å². The molecular weight excluding hydrogens is 565 g/mol. The summed E-state index contributed by atoms with van der Waals surface area (Å²) in [5, 5.41) is 5.08. The standard InChI is InChI=1S/C42H28N2S/c1-4-14-29(15-5-1)41-37(25-26-38-42(41)34-21-10-12-22-36(34)44(38)31-18-8-3-9-19-31)43(30-16-6-2-7-17-30)32-24-27-40-35(28-32)33-20-11-13-23-39(33)45-40/h1-28H. The number of thiophene rings is 1. The highest BCUT2D eigenvalue weighted by atomic mass is 32.1. The number of rotatable bonds is 5. The van der Waals surface area contributed by atoms with Crippen molar-refractivity contribution in [3.05, 3.63) is 170 Å². The predicted octanol–water partition coefficient (Wildman–Crippen LogP) is 12.3. The number of anilines is 3. The lowest BCUT2D eigenvalue weighted by atomic mass is 9.96. The van der Waals surface area contributed by atoms with E-state index in [1.54, 1.807) is 0 Å². The molecule has 45 heavy (non-hydrogen) atoms. The minimum atomic E-state index is 1.12. The molecule has 3 heteroatoms. The van der Waals surface area contributed by atoms with Gasteiger partial charge >= 0.3 is 0 Å². The van der Waals surface area contributed by atoms with Crippen molar-refractivity contribution in [1.29, 1.82) is 0 Å². The van der Waals surface area contributed by atoms with E-state index < -0.39 is 0 Å². The van der Waals surface area contributed by atoms with Gasteiger partial charge in [-0.3, -0.25) is 0 Å². The van der Waals surface area contributed by atoms with Gasteiger partial charge in [-0.1, -0.05) is 103 Å². The summed E-state index contributed by atoms with van der Waals surface area (Å²) in [6.07, 6.45) is 0. The van der Waals surface area contributed by atoms with Gasteiger partial charge in [0.15, 0.2) is 0 Å². The Morgan fingerprint density at radius 3 is 1.89 bits per heavy atom. The first-order chi connectivity index (χ1) is 22.3. The molecule has 0 N–H and O–H groups in total. The van der Waals surface area contributed by atoms with Gasteiger partial charge < -0.3 is 9.47 Å². The third-order valence-electron chi connectivity index (χ3n) is 8.77. The highest BCUT2D eigenvalue weighted by Gasteiger charge is 2.24. The van der Waals surface area contributed by atoms with Crippen LogP contribution in [0.5, 0.6) is 0 Å². The van der Waals surface area contributed by atoms with Crippen molar-refractivity contribution in [2.45, 2.75) is 0 Å². The van der Waals surface area contributed by atoms with Crippen molar-refractivity contribution in [2.75, 3.05) is 4.90 Å². The van der Waals surface area contributed by atoms with Crippen molar-refractivity contribution in [3.63, 3.8) is 0 Å². The first-order valence-electron chi connectivity index (χ1n) is 15.3. The minimum Gasteiger partial charge on any atom is -0.310 e. The molecule has 9 aromatic rings. The summed E-state index contributed by atoms with van der Waals surface area (Å²) in [7, 11) is 0. The Bertz CT molecular complexity index is 2470. The van der Waals surface area contributed by atoms with E-state index in [0.29, 0.717) is 0 Å². The van der Waals surface area contributed by atoms with Gasteiger partial charge in [-0.2, -0.15) is 0 Å². The first-order valence-corrected chi connectivity index (χ1v) is 16.1. The van der Waals surface area contributed by atoms with Gasteiger partial charge in [-0.15, -0.1) is 11.3 Å². The van der Waals surface area contributed by atoms with Crippen LogP contribution in [0, 0.1) is 0 Å².